The summed E-state index contributed by atoms with van der Waals surface area (Å²) in [5.41, 5.74) is 1.34. The maximum absolute atomic E-state index is 13.0. The summed E-state index contributed by atoms with van der Waals surface area (Å²) in [6, 6.07) is 14.1. The van der Waals surface area contributed by atoms with Gasteiger partial charge in [-0.15, -0.1) is 0 Å². The van der Waals surface area contributed by atoms with Gasteiger partial charge in [0.1, 0.15) is 31.0 Å². The van der Waals surface area contributed by atoms with Crippen LogP contribution in [0.1, 0.15) is 12.0 Å². The van der Waals surface area contributed by atoms with Crippen molar-refractivity contribution in [2.45, 2.75) is 24.9 Å². The number of hydrogen-bond donors (Lipinski definition) is 3. The molecule has 29 heavy (non-hydrogen) atoms. The maximum atomic E-state index is 13.0. The fourth-order valence-electron chi connectivity index (χ4n) is 3.25. The fourth-order valence-corrected chi connectivity index (χ4v) is 3.25. The van der Waals surface area contributed by atoms with E-state index < -0.39 is 36.5 Å². The van der Waals surface area contributed by atoms with Gasteiger partial charge in [-0.3, -0.25) is 24.6 Å². The summed E-state index contributed by atoms with van der Waals surface area (Å²) in [5, 5.41) is 21.7. The lowest BCUT2D eigenvalue weighted by Gasteiger charge is -2.25. The Balaban J connectivity index is 1.77. The second kappa shape index (κ2) is 9.20. The van der Waals surface area contributed by atoms with E-state index in [0.29, 0.717) is 17.9 Å². The van der Waals surface area contributed by atoms with Crippen molar-refractivity contribution < 1.29 is 29.3 Å². The standard InChI is InChI=1S/C21H22N2O6/c24-19(25)12-23-17-8-4-5-9-18(17)29-13-16(20(23)26)22-15(21(27)28)11-10-14-6-2-1-3-7-14/h1-9,15-16,22H,10-13H2,(H,24,25)(H,27,28)/t15?,16-/m0/s1. The highest BCUT2D eigenvalue weighted by atomic mass is 16.5. The lowest BCUT2D eigenvalue weighted by molar-refractivity contribution is -0.140. The number of benzene rings is 2. The summed E-state index contributed by atoms with van der Waals surface area (Å²) in [6.45, 7) is -0.639. The summed E-state index contributed by atoms with van der Waals surface area (Å²) in [4.78, 5) is 37.1. The van der Waals surface area contributed by atoms with E-state index in [1.165, 1.54) is 0 Å². The molecule has 0 radical (unpaired) electrons. The van der Waals surface area contributed by atoms with Crippen molar-refractivity contribution in [2.24, 2.45) is 0 Å². The number of hydrogen-bond acceptors (Lipinski definition) is 5. The molecule has 0 spiro atoms. The van der Waals surface area contributed by atoms with Crippen LogP contribution in [0.4, 0.5) is 5.69 Å². The Morgan fingerprint density at radius 1 is 1.10 bits per heavy atom. The van der Waals surface area contributed by atoms with Crippen LogP contribution in [0.25, 0.3) is 0 Å². The Labute approximate surface area is 167 Å². The second-order valence-electron chi connectivity index (χ2n) is 6.73. The zero-order valence-electron chi connectivity index (χ0n) is 15.7. The maximum Gasteiger partial charge on any atom is 0.323 e. The van der Waals surface area contributed by atoms with E-state index in [1.54, 1.807) is 24.3 Å². The number of nitrogens with one attached hydrogen (secondary N) is 1. The first-order valence-electron chi connectivity index (χ1n) is 9.23. The van der Waals surface area contributed by atoms with Crippen LogP contribution >= 0.6 is 0 Å². The number of nitrogens with zero attached hydrogens (tertiary/aromatic N) is 1. The van der Waals surface area contributed by atoms with Crippen LogP contribution < -0.4 is 15.0 Å². The lowest BCUT2D eigenvalue weighted by Crippen LogP contribution is -2.54. The van der Waals surface area contributed by atoms with Gasteiger partial charge in [-0.2, -0.15) is 0 Å². The van der Waals surface area contributed by atoms with Gasteiger partial charge < -0.3 is 14.9 Å². The third kappa shape index (κ3) is 5.11. The number of anilines is 1. The number of carboxylic acids is 2. The summed E-state index contributed by atoms with van der Waals surface area (Å²) in [6.07, 6.45) is 0.792. The zero-order chi connectivity index (χ0) is 20.8. The van der Waals surface area contributed by atoms with E-state index in [9.17, 15) is 24.6 Å². The highest BCUT2D eigenvalue weighted by Crippen LogP contribution is 2.31. The van der Waals surface area contributed by atoms with Crippen molar-refractivity contribution in [1.29, 1.82) is 0 Å². The van der Waals surface area contributed by atoms with Gasteiger partial charge in [0.25, 0.3) is 0 Å². The van der Waals surface area contributed by atoms with Gasteiger partial charge >= 0.3 is 11.9 Å². The van der Waals surface area contributed by atoms with Gasteiger partial charge in [-0.1, -0.05) is 42.5 Å². The number of carboxylic acid groups (broad SMARTS) is 2. The highest BCUT2D eigenvalue weighted by molar-refractivity contribution is 6.02. The number of aryl methyl sites for hydroxylation is 1. The largest absolute Gasteiger partial charge is 0.489 e. The molecule has 2 aromatic rings. The van der Waals surface area contributed by atoms with Crippen LogP contribution in [0.5, 0.6) is 5.75 Å². The summed E-state index contributed by atoms with van der Waals surface area (Å²) in [5.74, 6) is -2.42. The van der Waals surface area contributed by atoms with Crippen molar-refractivity contribution >= 4 is 23.5 Å². The molecule has 0 saturated carbocycles. The normalized spacial score (nSPS) is 17.0. The molecule has 1 aliphatic rings. The molecule has 152 valence electrons. The van der Waals surface area contributed by atoms with Gasteiger partial charge in [-0.05, 0) is 30.5 Å². The SMILES string of the molecule is O=C(O)CN1C(=O)[C@@H](NC(CCc2ccccc2)C(=O)O)COc2ccccc21. The molecule has 0 aliphatic carbocycles. The molecule has 8 heteroatoms. The Morgan fingerprint density at radius 3 is 2.48 bits per heavy atom. The minimum Gasteiger partial charge on any atom is -0.489 e. The molecule has 1 amide bonds. The molecule has 2 aromatic carbocycles. The van der Waals surface area contributed by atoms with Crippen LogP contribution in [-0.2, 0) is 20.8 Å². The summed E-state index contributed by atoms with van der Waals surface area (Å²) in [7, 11) is 0. The predicted octanol–water partition coefficient (Wildman–Crippen LogP) is 1.54. The van der Waals surface area contributed by atoms with Gasteiger partial charge in [0.15, 0.2) is 0 Å². The lowest BCUT2D eigenvalue weighted by atomic mass is 10.0. The minimum atomic E-state index is -1.17. The number of carbonyl (C=O) groups excluding carboxylic acids is 1. The molecule has 8 nitrogen and oxygen atoms in total. The quantitative estimate of drug-likeness (QED) is 0.618. The minimum absolute atomic E-state index is 0.0961. The first-order chi connectivity index (χ1) is 14.0. The van der Waals surface area contributed by atoms with Crippen LogP contribution in [0.2, 0.25) is 0 Å². The molecule has 3 N–H and O–H groups in total. The number of rotatable bonds is 8. The Bertz CT molecular complexity index is 886. The van der Waals surface area contributed by atoms with E-state index in [0.717, 1.165) is 10.5 Å². The van der Waals surface area contributed by atoms with Crippen LogP contribution in [0.15, 0.2) is 54.6 Å². The van der Waals surface area contributed by atoms with Crippen molar-refractivity contribution in [1.82, 2.24) is 5.32 Å². The molecule has 0 saturated heterocycles. The number of carbonyl (C=O) groups is 3. The van der Waals surface area contributed by atoms with Gasteiger partial charge in [-0.25, -0.2) is 0 Å². The van der Waals surface area contributed by atoms with E-state index >= 15 is 0 Å². The molecular weight excluding hydrogens is 376 g/mol. The summed E-state index contributed by atoms with van der Waals surface area (Å²) >= 11 is 0. The number of para-hydroxylation sites is 2. The Hall–Kier alpha value is -3.39. The molecular formula is C21H22N2O6. The van der Waals surface area contributed by atoms with Gasteiger partial charge in [0, 0.05) is 0 Å². The molecule has 3 rings (SSSR count). The number of amides is 1. The van der Waals surface area contributed by atoms with Crippen LogP contribution in [0, 0.1) is 0 Å². The van der Waals surface area contributed by atoms with Crippen molar-refractivity contribution in [3.63, 3.8) is 0 Å². The van der Waals surface area contributed by atoms with Crippen molar-refractivity contribution in [3.05, 3.63) is 60.2 Å². The van der Waals surface area contributed by atoms with Crippen LogP contribution in [-0.4, -0.2) is 53.3 Å². The van der Waals surface area contributed by atoms with Crippen LogP contribution in [0.3, 0.4) is 0 Å². The number of ether oxygens (including phenoxy) is 1. The Kier molecular flexibility index (Phi) is 6.46. The van der Waals surface area contributed by atoms with E-state index in [-0.39, 0.29) is 13.0 Å². The molecule has 1 aliphatic heterocycles. The molecule has 0 aromatic heterocycles. The van der Waals surface area contributed by atoms with E-state index in [1.807, 2.05) is 30.3 Å². The fraction of sp³-hybridized carbons (Fsp3) is 0.286. The number of aliphatic carboxylic acids is 2. The molecule has 1 heterocycles. The second-order valence-corrected chi connectivity index (χ2v) is 6.73. The third-order valence-electron chi connectivity index (χ3n) is 4.68. The molecule has 0 fully saturated rings. The zero-order valence-corrected chi connectivity index (χ0v) is 15.7. The highest BCUT2D eigenvalue weighted by Gasteiger charge is 2.35. The van der Waals surface area contributed by atoms with Gasteiger partial charge in [0.05, 0.1) is 5.69 Å². The summed E-state index contributed by atoms with van der Waals surface area (Å²) < 4.78 is 5.68. The molecule has 0 bridgehead atoms. The average molecular weight is 398 g/mol. The average Bonchev–Trinajstić information content (AvgIpc) is 2.83. The van der Waals surface area contributed by atoms with Gasteiger partial charge in [0.2, 0.25) is 5.91 Å². The molecule has 2 atom stereocenters. The van der Waals surface area contributed by atoms with E-state index in [2.05, 4.69) is 5.32 Å². The monoisotopic (exact) mass is 398 g/mol. The van der Waals surface area contributed by atoms with Crippen molar-refractivity contribution in [3.8, 4) is 5.75 Å². The topological polar surface area (TPSA) is 116 Å². The number of fused-ring (bicyclic) bond motifs is 1. The molecule has 1 unspecified atom stereocenters. The van der Waals surface area contributed by atoms with E-state index in [4.69, 9.17) is 4.74 Å². The first kappa shape index (κ1) is 20.3. The third-order valence-corrected chi connectivity index (χ3v) is 4.68. The first-order valence-corrected chi connectivity index (χ1v) is 9.23. The van der Waals surface area contributed by atoms with Crippen molar-refractivity contribution in [2.75, 3.05) is 18.1 Å². The predicted molar refractivity (Wildman–Crippen MR) is 105 cm³/mol. The smallest absolute Gasteiger partial charge is 0.323 e. The Morgan fingerprint density at radius 2 is 1.79 bits per heavy atom.